The SMILES string of the molecule is COc1cc(C(=O)N2CCC(CN)C2)cc(OC)c1Br. The number of ether oxygens (including phenoxy) is 2. The van der Waals surface area contributed by atoms with Gasteiger partial charge in [0.15, 0.2) is 0 Å². The fourth-order valence-corrected chi connectivity index (χ4v) is 2.94. The molecule has 6 heteroatoms. The Kier molecular flexibility index (Phi) is 4.88. The van der Waals surface area contributed by atoms with Crippen molar-refractivity contribution in [3.05, 3.63) is 22.2 Å². The molecule has 110 valence electrons. The van der Waals surface area contributed by atoms with Gasteiger partial charge in [-0.1, -0.05) is 0 Å². The highest BCUT2D eigenvalue weighted by molar-refractivity contribution is 9.10. The Balaban J connectivity index is 2.26. The second kappa shape index (κ2) is 6.45. The lowest BCUT2D eigenvalue weighted by molar-refractivity contribution is 0.0787. The summed E-state index contributed by atoms with van der Waals surface area (Å²) in [6, 6.07) is 3.45. The predicted octanol–water partition coefficient (Wildman–Crippen LogP) is 1.89. The fraction of sp³-hybridized carbons (Fsp3) is 0.500. The van der Waals surface area contributed by atoms with Crippen molar-refractivity contribution in [1.82, 2.24) is 4.90 Å². The third-order valence-electron chi connectivity index (χ3n) is 3.60. The second-order valence-corrected chi connectivity index (χ2v) is 5.63. The standard InChI is InChI=1S/C14H19BrN2O3/c1-19-11-5-10(6-12(20-2)13(11)15)14(18)17-4-3-9(7-16)8-17/h5-6,9H,3-4,7-8,16H2,1-2H3. The zero-order valence-electron chi connectivity index (χ0n) is 11.7. The number of methoxy groups -OCH3 is 2. The van der Waals surface area contributed by atoms with E-state index >= 15 is 0 Å². The van der Waals surface area contributed by atoms with Crippen LogP contribution in [0.3, 0.4) is 0 Å². The zero-order chi connectivity index (χ0) is 14.7. The van der Waals surface area contributed by atoms with Gasteiger partial charge in [0, 0.05) is 18.7 Å². The largest absolute Gasteiger partial charge is 0.495 e. The molecule has 5 nitrogen and oxygen atoms in total. The van der Waals surface area contributed by atoms with E-state index < -0.39 is 0 Å². The Bertz CT molecular complexity index is 482. The molecule has 1 aromatic carbocycles. The number of carbonyl (C=O) groups is 1. The van der Waals surface area contributed by atoms with E-state index in [0.29, 0.717) is 34.0 Å². The molecule has 1 aliphatic rings. The minimum absolute atomic E-state index is 0.00921. The summed E-state index contributed by atoms with van der Waals surface area (Å²) in [5.74, 6) is 1.56. The van der Waals surface area contributed by atoms with Crippen LogP contribution in [0.1, 0.15) is 16.8 Å². The molecule has 1 aromatic rings. The molecular formula is C14H19BrN2O3. The topological polar surface area (TPSA) is 64.8 Å². The molecule has 1 fully saturated rings. The van der Waals surface area contributed by atoms with Gasteiger partial charge in [0.25, 0.3) is 5.91 Å². The number of nitrogens with zero attached hydrogens (tertiary/aromatic N) is 1. The zero-order valence-corrected chi connectivity index (χ0v) is 13.3. The van der Waals surface area contributed by atoms with Crippen molar-refractivity contribution in [2.24, 2.45) is 11.7 Å². The van der Waals surface area contributed by atoms with Crippen LogP contribution in [0.4, 0.5) is 0 Å². The minimum Gasteiger partial charge on any atom is -0.495 e. The van der Waals surface area contributed by atoms with Crippen molar-refractivity contribution in [2.45, 2.75) is 6.42 Å². The van der Waals surface area contributed by atoms with Gasteiger partial charge in [0.05, 0.1) is 14.2 Å². The van der Waals surface area contributed by atoms with E-state index in [1.165, 1.54) is 0 Å². The van der Waals surface area contributed by atoms with E-state index in [1.807, 2.05) is 4.90 Å². The highest BCUT2D eigenvalue weighted by Gasteiger charge is 2.27. The summed E-state index contributed by atoms with van der Waals surface area (Å²) in [4.78, 5) is 14.3. The molecule has 1 amide bonds. The summed E-state index contributed by atoms with van der Waals surface area (Å²) < 4.78 is 11.2. The molecule has 0 bridgehead atoms. The van der Waals surface area contributed by atoms with Crippen molar-refractivity contribution in [1.29, 1.82) is 0 Å². The Labute approximate surface area is 127 Å². The minimum atomic E-state index is -0.00921. The van der Waals surface area contributed by atoms with E-state index in [1.54, 1.807) is 26.4 Å². The van der Waals surface area contributed by atoms with Gasteiger partial charge in [0.2, 0.25) is 0 Å². The van der Waals surface area contributed by atoms with E-state index in [-0.39, 0.29) is 5.91 Å². The summed E-state index contributed by atoms with van der Waals surface area (Å²) in [6.45, 7) is 2.09. The van der Waals surface area contributed by atoms with Gasteiger partial charge in [0.1, 0.15) is 16.0 Å². The van der Waals surface area contributed by atoms with Crippen LogP contribution in [0.5, 0.6) is 11.5 Å². The first kappa shape index (κ1) is 15.1. The number of amides is 1. The molecule has 0 radical (unpaired) electrons. The summed E-state index contributed by atoms with van der Waals surface area (Å²) in [5, 5.41) is 0. The van der Waals surface area contributed by atoms with Crippen LogP contribution in [-0.2, 0) is 0 Å². The molecule has 2 rings (SSSR count). The Hall–Kier alpha value is -1.27. The van der Waals surface area contributed by atoms with Gasteiger partial charge < -0.3 is 20.1 Å². The lowest BCUT2D eigenvalue weighted by atomic mass is 10.1. The van der Waals surface area contributed by atoms with Gasteiger partial charge in [-0.15, -0.1) is 0 Å². The predicted molar refractivity (Wildman–Crippen MR) is 80.3 cm³/mol. The average Bonchev–Trinajstić information content (AvgIpc) is 2.95. The molecule has 20 heavy (non-hydrogen) atoms. The average molecular weight is 343 g/mol. The smallest absolute Gasteiger partial charge is 0.254 e. The van der Waals surface area contributed by atoms with Crippen LogP contribution in [0.15, 0.2) is 16.6 Å². The number of carbonyl (C=O) groups excluding carboxylic acids is 1. The van der Waals surface area contributed by atoms with Crippen molar-refractivity contribution in [2.75, 3.05) is 33.9 Å². The third kappa shape index (κ3) is 2.91. The van der Waals surface area contributed by atoms with Crippen LogP contribution in [0.25, 0.3) is 0 Å². The first-order valence-electron chi connectivity index (χ1n) is 6.51. The summed E-state index contributed by atoms with van der Waals surface area (Å²) in [6.07, 6.45) is 0.965. The molecule has 1 saturated heterocycles. The monoisotopic (exact) mass is 342 g/mol. The van der Waals surface area contributed by atoms with Crippen LogP contribution in [-0.4, -0.2) is 44.7 Å². The Morgan fingerprint density at radius 2 is 2.00 bits per heavy atom. The van der Waals surface area contributed by atoms with Gasteiger partial charge in [-0.05, 0) is 46.9 Å². The van der Waals surface area contributed by atoms with Crippen LogP contribution < -0.4 is 15.2 Å². The normalized spacial score (nSPS) is 18.2. The lowest BCUT2D eigenvalue weighted by Crippen LogP contribution is -2.29. The van der Waals surface area contributed by atoms with Gasteiger partial charge in [-0.2, -0.15) is 0 Å². The molecule has 0 saturated carbocycles. The highest BCUT2D eigenvalue weighted by Crippen LogP contribution is 2.36. The van der Waals surface area contributed by atoms with Crippen molar-refractivity contribution >= 4 is 21.8 Å². The number of halogens is 1. The Morgan fingerprint density at radius 3 is 2.45 bits per heavy atom. The number of hydrogen-bond acceptors (Lipinski definition) is 4. The molecule has 0 spiro atoms. The highest BCUT2D eigenvalue weighted by atomic mass is 79.9. The first-order chi connectivity index (χ1) is 9.60. The fourth-order valence-electron chi connectivity index (χ4n) is 2.38. The summed E-state index contributed by atoms with van der Waals surface area (Å²) in [5.41, 5.74) is 6.23. The number of rotatable bonds is 4. The number of nitrogens with two attached hydrogens (primary N) is 1. The number of benzene rings is 1. The first-order valence-corrected chi connectivity index (χ1v) is 7.30. The van der Waals surface area contributed by atoms with Crippen LogP contribution in [0, 0.1) is 5.92 Å². The van der Waals surface area contributed by atoms with E-state index in [2.05, 4.69) is 15.9 Å². The van der Waals surface area contributed by atoms with Crippen molar-refractivity contribution in [3.63, 3.8) is 0 Å². The maximum absolute atomic E-state index is 12.5. The molecule has 1 atom stereocenters. The maximum atomic E-state index is 12.5. The van der Waals surface area contributed by atoms with Crippen molar-refractivity contribution < 1.29 is 14.3 Å². The molecule has 2 N–H and O–H groups in total. The molecule has 1 aliphatic heterocycles. The molecule has 0 aliphatic carbocycles. The van der Waals surface area contributed by atoms with Gasteiger partial charge >= 0.3 is 0 Å². The number of likely N-dealkylation sites (tertiary alicyclic amines) is 1. The van der Waals surface area contributed by atoms with E-state index in [0.717, 1.165) is 19.5 Å². The molecule has 1 unspecified atom stereocenters. The summed E-state index contributed by atoms with van der Waals surface area (Å²) >= 11 is 3.40. The van der Waals surface area contributed by atoms with Crippen molar-refractivity contribution in [3.8, 4) is 11.5 Å². The number of hydrogen-bond donors (Lipinski definition) is 1. The quantitative estimate of drug-likeness (QED) is 0.907. The van der Waals surface area contributed by atoms with Crippen LogP contribution >= 0.6 is 15.9 Å². The van der Waals surface area contributed by atoms with Crippen LogP contribution in [0.2, 0.25) is 0 Å². The molecule has 0 aromatic heterocycles. The molecule has 1 heterocycles. The Morgan fingerprint density at radius 1 is 1.40 bits per heavy atom. The van der Waals surface area contributed by atoms with E-state index in [9.17, 15) is 4.79 Å². The van der Waals surface area contributed by atoms with Gasteiger partial charge in [-0.3, -0.25) is 4.79 Å². The van der Waals surface area contributed by atoms with Gasteiger partial charge in [-0.25, -0.2) is 0 Å². The maximum Gasteiger partial charge on any atom is 0.254 e. The lowest BCUT2D eigenvalue weighted by Gasteiger charge is -2.18. The third-order valence-corrected chi connectivity index (χ3v) is 4.38. The second-order valence-electron chi connectivity index (χ2n) is 4.84. The molecular weight excluding hydrogens is 324 g/mol. The summed E-state index contributed by atoms with van der Waals surface area (Å²) in [7, 11) is 3.13. The van der Waals surface area contributed by atoms with E-state index in [4.69, 9.17) is 15.2 Å².